The molecule has 0 atom stereocenters. The minimum atomic E-state index is 0.426. The highest BCUT2D eigenvalue weighted by molar-refractivity contribution is 6.35. The standard InChI is InChI=1S/C13H10Cl3NO/c1-8-4-9(6-14)7-17-13(8)18-12-3-2-10(15)5-11(12)16/h2-5,7H,6H2,1H3. The van der Waals surface area contributed by atoms with Crippen LogP contribution in [-0.4, -0.2) is 4.98 Å². The third kappa shape index (κ3) is 3.08. The molecule has 2 rings (SSSR count). The van der Waals surface area contributed by atoms with Crippen molar-refractivity contribution in [2.75, 3.05) is 0 Å². The van der Waals surface area contributed by atoms with E-state index in [1.807, 2.05) is 13.0 Å². The Morgan fingerprint density at radius 2 is 2.00 bits per heavy atom. The number of alkyl halides is 1. The molecule has 0 N–H and O–H groups in total. The number of aryl methyl sites for hydroxylation is 1. The van der Waals surface area contributed by atoms with E-state index in [9.17, 15) is 0 Å². The van der Waals surface area contributed by atoms with Gasteiger partial charge in [0, 0.05) is 22.7 Å². The first kappa shape index (κ1) is 13.5. The minimum absolute atomic E-state index is 0.426. The van der Waals surface area contributed by atoms with Gasteiger partial charge in [-0.3, -0.25) is 0 Å². The summed E-state index contributed by atoms with van der Waals surface area (Å²) < 4.78 is 5.65. The van der Waals surface area contributed by atoms with E-state index < -0.39 is 0 Å². The van der Waals surface area contributed by atoms with Crippen molar-refractivity contribution in [3.63, 3.8) is 0 Å². The van der Waals surface area contributed by atoms with Crippen LogP contribution in [0.3, 0.4) is 0 Å². The molecule has 2 aromatic rings. The maximum atomic E-state index is 6.03. The molecule has 1 aromatic carbocycles. The summed E-state index contributed by atoms with van der Waals surface area (Å²) in [7, 11) is 0. The van der Waals surface area contributed by atoms with Gasteiger partial charge in [-0.1, -0.05) is 23.2 Å². The van der Waals surface area contributed by atoms with E-state index in [0.717, 1.165) is 11.1 Å². The van der Waals surface area contributed by atoms with Gasteiger partial charge < -0.3 is 4.74 Å². The molecular formula is C13H10Cl3NO. The summed E-state index contributed by atoms with van der Waals surface area (Å²) in [5.41, 5.74) is 1.85. The van der Waals surface area contributed by atoms with Crippen molar-refractivity contribution < 1.29 is 4.74 Å². The number of nitrogens with zero attached hydrogens (tertiary/aromatic N) is 1. The molecule has 0 unspecified atom stereocenters. The van der Waals surface area contributed by atoms with Gasteiger partial charge in [-0.25, -0.2) is 4.98 Å². The molecule has 0 fully saturated rings. The van der Waals surface area contributed by atoms with Crippen molar-refractivity contribution in [1.82, 2.24) is 4.98 Å². The quantitative estimate of drug-likeness (QED) is 0.724. The molecule has 5 heteroatoms. The van der Waals surface area contributed by atoms with Crippen LogP contribution >= 0.6 is 34.8 Å². The second-order valence-electron chi connectivity index (χ2n) is 3.78. The fourth-order valence-corrected chi connectivity index (χ4v) is 2.06. The molecule has 0 amide bonds. The molecule has 18 heavy (non-hydrogen) atoms. The fraction of sp³-hybridized carbons (Fsp3) is 0.154. The Labute approximate surface area is 120 Å². The maximum Gasteiger partial charge on any atom is 0.222 e. The number of aromatic nitrogens is 1. The van der Waals surface area contributed by atoms with Crippen molar-refractivity contribution in [2.24, 2.45) is 0 Å². The molecule has 0 aliphatic carbocycles. The lowest BCUT2D eigenvalue weighted by molar-refractivity contribution is 0.459. The van der Waals surface area contributed by atoms with E-state index in [-0.39, 0.29) is 0 Å². The first-order valence-electron chi connectivity index (χ1n) is 5.24. The Hall–Kier alpha value is -0.960. The van der Waals surface area contributed by atoms with E-state index in [4.69, 9.17) is 39.5 Å². The van der Waals surface area contributed by atoms with Crippen molar-refractivity contribution >= 4 is 34.8 Å². The summed E-state index contributed by atoms with van der Waals surface area (Å²) in [6, 6.07) is 6.98. The summed E-state index contributed by atoms with van der Waals surface area (Å²) in [5.74, 6) is 1.46. The van der Waals surface area contributed by atoms with Gasteiger partial charge in [0.2, 0.25) is 5.88 Å². The van der Waals surface area contributed by atoms with Gasteiger partial charge in [0.25, 0.3) is 0 Å². The van der Waals surface area contributed by atoms with Crippen LogP contribution < -0.4 is 4.74 Å². The van der Waals surface area contributed by atoms with Crippen LogP contribution in [0.4, 0.5) is 0 Å². The average molecular weight is 303 g/mol. The molecular weight excluding hydrogens is 293 g/mol. The number of pyridine rings is 1. The Morgan fingerprint density at radius 3 is 2.61 bits per heavy atom. The number of rotatable bonds is 3. The summed E-state index contributed by atoms with van der Waals surface area (Å²) in [4.78, 5) is 4.21. The molecule has 0 saturated heterocycles. The number of ether oxygens (including phenoxy) is 1. The molecule has 0 saturated carbocycles. The van der Waals surface area contributed by atoms with Gasteiger partial charge in [0.15, 0.2) is 0 Å². The average Bonchev–Trinajstić information content (AvgIpc) is 2.34. The first-order chi connectivity index (χ1) is 8.60. The number of benzene rings is 1. The van der Waals surface area contributed by atoms with Crippen molar-refractivity contribution in [3.05, 3.63) is 51.6 Å². The molecule has 94 valence electrons. The summed E-state index contributed by atoms with van der Waals surface area (Å²) in [5, 5.41) is 1.01. The Bertz CT molecular complexity index is 572. The molecule has 2 nitrogen and oxygen atoms in total. The largest absolute Gasteiger partial charge is 0.437 e. The van der Waals surface area contributed by atoms with Crippen LogP contribution in [0.2, 0.25) is 10.0 Å². The maximum absolute atomic E-state index is 6.03. The zero-order valence-electron chi connectivity index (χ0n) is 9.58. The van der Waals surface area contributed by atoms with Gasteiger partial charge >= 0.3 is 0 Å². The Kier molecular flexibility index (Phi) is 4.33. The lowest BCUT2D eigenvalue weighted by atomic mass is 10.2. The Morgan fingerprint density at radius 1 is 1.22 bits per heavy atom. The van der Waals surface area contributed by atoms with Gasteiger partial charge in [-0.05, 0) is 36.8 Å². The zero-order valence-corrected chi connectivity index (χ0v) is 11.9. The van der Waals surface area contributed by atoms with Crippen molar-refractivity contribution in [2.45, 2.75) is 12.8 Å². The van der Waals surface area contributed by atoms with Crippen LogP contribution in [0, 0.1) is 6.92 Å². The van der Waals surface area contributed by atoms with Gasteiger partial charge in [0.1, 0.15) is 5.75 Å². The van der Waals surface area contributed by atoms with Gasteiger partial charge in [0.05, 0.1) is 5.02 Å². The van der Waals surface area contributed by atoms with Crippen molar-refractivity contribution in [3.8, 4) is 11.6 Å². The predicted molar refractivity (Wildman–Crippen MR) is 75.1 cm³/mol. The zero-order chi connectivity index (χ0) is 13.1. The minimum Gasteiger partial charge on any atom is -0.437 e. The molecule has 0 aliphatic heterocycles. The predicted octanol–water partition coefficient (Wildman–Crippen LogP) is 5.23. The van der Waals surface area contributed by atoms with Crippen LogP contribution in [-0.2, 0) is 5.88 Å². The topological polar surface area (TPSA) is 22.1 Å². The normalized spacial score (nSPS) is 10.4. The first-order valence-corrected chi connectivity index (χ1v) is 6.53. The number of halogens is 3. The highest BCUT2D eigenvalue weighted by atomic mass is 35.5. The van der Waals surface area contributed by atoms with E-state index >= 15 is 0 Å². The molecule has 0 radical (unpaired) electrons. The molecule has 1 heterocycles. The van der Waals surface area contributed by atoms with E-state index in [1.165, 1.54) is 0 Å². The van der Waals surface area contributed by atoms with Crippen LogP contribution in [0.25, 0.3) is 0 Å². The van der Waals surface area contributed by atoms with Crippen LogP contribution in [0.5, 0.6) is 11.6 Å². The van der Waals surface area contributed by atoms with Gasteiger partial charge in [-0.2, -0.15) is 0 Å². The molecule has 1 aromatic heterocycles. The monoisotopic (exact) mass is 301 g/mol. The summed E-state index contributed by atoms with van der Waals surface area (Å²) in [6.07, 6.45) is 1.68. The SMILES string of the molecule is Cc1cc(CCl)cnc1Oc1ccc(Cl)cc1Cl. The lowest BCUT2D eigenvalue weighted by Gasteiger charge is -2.09. The molecule has 0 bridgehead atoms. The summed E-state index contributed by atoms with van der Waals surface area (Å²) in [6.45, 7) is 1.90. The van der Waals surface area contributed by atoms with Crippen molar-refractivity contribution in [1.29, 1.82) is 0 Å². The van der Waals surface area contributed by atoms with Crippen LogP contribution in [0.1, 0.15) is 11.1 Å². The van der Waals surface area contributed by atoms with E-state index in [1.54, 1.807) is 24.4 Å². The smallest absolute Gasteiger partial charge is 0.222 e. The lowest BCUT2D eigenvalue weighted by Crippen LogP contribution is -1.93. The highest BCUT2D eigenvalue weighted by Gasteiger charge is 2.08. The second-order valence-corrected chi connectivity index (χ2v) is 4.89. The fourth-order valence-electron chi connectivity index (χ4n) is 1.46. The number of hydrogen-bond donors (Lipinski definition) is 0. The van der Waals surface area contributed by atoms with E-state index in [0.29, 0.717) is 27.6 Å². The molecule has 0 aliphatic rings. The third-order valence-electron chi connectivity index (χ3n) is 2.34. The summed E-state index contributed by atoms with van der Waals surface area (Å²) >= 11 is 17.6. The Balaban J connectivity index is 2.28. The second kappa shape index (κ2) is 5.79. The highest BCUT2D eigenvalue weighted by Crippen LogP contribution is 2.32. The number of hydrogen-bond acceptors (Lipinski definition) is 2. The van der Waals surface area contributed by atoms with E-state index in [2.05, 4.69) is 4.98 Å². The van der Waals surface area contributed by atoms with Crippen LogP contribution in [0.15, 0.2) is 30.5 Å². The van der Waals surface area contributed by atoms with Gasteiger partial charge in [-0.15, -0.1) is 11.6 Å². The third-order valence-corrected chi connectivity index (χ3v) is 3.18. The molecule has 0 spiro atoms.